The van der Waals surface area contributed by atoms with Crippen molar-refractivity contribution in [3.8, 4) is 5.75 Å². The first-order chi connectivity index (χ1) is 8.71. The fourth-order valence-electron chi connectivity index (χ4n) is 3.41. The van der Waals surface area contributed by atoms with Gasteiger partial charge >= 0.3 is 0 Å². The highest BCUT2D eigenvalue weighted by Crippen LogP contribution is 2.55. The van der Waals surface area contributed by atoms with E-state index in [1.165, 1.54) is 32.1 Å². The second-order valence-corrected chi connectivity index (χ2v) is 6.52. The van der Waals surface area contributed by atoms with E-state index in [0.717, 1.165) is 17.2 Å². The number of hydrogen-bond donors (Lipinski definition) is 0. The summed E-state index contributed by atoms with van der Waals surface area (Å²) in [6.07, 6.45) is 7.60. The molecule has 2 fully saturated rings. The van der Waals surface area contributed by atoms with Crippen molar-refractivity contribution in [2.75, 3.05) is 0 Å². The molecule has 0 saturated heterocycles. The van der Waals surface area contributed by atoms with E-state index in [-0.39, 0.29) is 11.5 Å². The van der Waals surface area contributed by atoms with E-state index in [1.807, 2.05) is 24.3 Å². The lowest BCUT2D eigenvalue weighted by molar-refractivity contribution is -0.0650. The fourth-order valence-corrected chi connectivity index (χ4v) is 4.11. The van der Waals surface area contributed by atoms with Gasteiger partial charge in [-0.3, -0.25) is 0 Å². The predicted octanol–water partition coefficient (Wildman–Crippen LogP) is 5.05. The number of rotatable bonds is 2. The maximum Gasteiger partial charge on any atom is 0.121 e. The fraction of sp³-hybridized carbons (Fsp3) is 0.600. The summed E-state index contributed by atoms with van der Waals surface area (Å²) in [6.45, 7) is 0. The van der Waals surface area contributed by atoms with Crippen molar-refractivity contribution in [1.82, 2.24) is 0 Å². The molecule has 2 atom stereocenters. The van der Waals surface area contributed by atoms with Gasteiger partial charge in [-0.05, 0) is 31.0 Å². The molecule has 2 saturated carbocycles. The molecule has 1 aromatic carbocycles. The van der Waals surface area contributed by atoms with Gasteiger partial charge in [-0.25, -0.2) is 0 Å². The Morgan fingerprint density at radius 3 is 2.61 bits per heavy atom. The highest BCUT2D eigenvalue weighted by Gasteiger charge is 2.55. The molecule has 2 unspecified atom stereocenters. The van der Waals surface area contributed by atoms with E-state index in [4.69, 9.17) is 27.9 Å². The molecule has 2 aliphatic carbocycles. The van der Waals surface area contributed by atoms with Crippen LogP contribution >= 0.6 is 23.2 Å². The van der Waals surface area contributed by atoms with E-state index in [2.05, 4.69) is 0 Å². The molecule has 0 amide bonds. The van der Waals surface area contributed by atoms with Crippen LogP contribution < -0.4 is 4.74 Å². The molecule has 0 aliphatic heterocycles. The van der Waals surface area contributed by atoms with Crippen molar-refractivity contribution in [2.45, 2.75) is 50.0 Å². The summed E-state index contributed by atoms with van der Waals surface area (Å²) in [7, 11) is 0. The number of hydrogen-bond acceptors (Lipinski definition) is 1. The Hall–Kier alpha value is -0.400. The van der Waals surface area contributed by atoms with E-state index < -0.39 is 0 Å². The highest BCUT2D eigenvalue weighted by molar-refractivity contribution is 6.30. The molecular weight excluding hydrogens is 267 g/mol. The van der Waals surface area contributed by atoms with Crippen LogP contribution in [0.25, 0.3) is 0 Å². The maximum atomic E-state index is 6.47. The summed E-state index contributed by atoms with van der Waals surface area (Å²) >= 11 is 12.5. The summed E-state index contributed by atoms with van der Waals surface area (Å²) in [5, 5.41) is 1.02. The summed E-state index contributed by atoms with van der Waals surface area (Å²) < 4.78 is 6.13. The molecule has 1 spiro atoms. The van der Waals surface area contributed by atoms with Gasteiger partial charge in [-0.1, -0.05) is 36.9 Å². The van der Waals surface area contributed by atoms with Gasteiger partial charge in [0.2, 0.25) is 0 Å². The van der Waals surface area contributed by atoms with Gasteiger partial charge in [0.05, 0.1) is 0 Å². The third-order valence-electron chi connectivity index (χ3n) is 4.54. The Labute approximate surface area is 118 Å². The molecule has 1 aromatic rings. The molecule has 0 aromatic heterocycles. The van der Waals surface area contributed by atoms with E-state index >= 15 is 0 Å². The van der Waals surface area contributed by atoms with Crippen LogP contribution in [-0.4, -0.2) is 11.5 Å². The Balaban J connectivity index is 1.73. The third kappa shape index (κ3) is 2.12. The van der Waals surface area contributed by atoms with E-state index in [1.54, 1.807) is 0 Å². The van der Waals surface area contributed by atoms with Crippen molar-refractivity contribution in [3.63, 3.8) is 0 Å². The Bertz CT molecular complexity index is 426. The number of benzene rings is 1. The SMILES string of the molecule is Clc1cccc(OC2CC(Cl)C23CCCCC3)c1. The molecule has 3 rings (SSSR count). The first-order valence-electron chi connectivity index (χ1n) is 6.77. The van der Waals surface area contributed by atoms with Crippen molar-refractivity contribution >= 4 is 23.2 Å². The van der Waals surface area contributed by atoms with Crippen molar-refractivity contribution in [3.05, 3.63) is 29.3 Å². The van der Waals surface area contributed by atoms with Crippen LogP contribution in [0.15, 0.2) is 24.3 Å². The van der Waals surface area contributed by atoms with E-state index in [0.29, 0.717) is 5.38 Å². The molecule has 0 radical (unpaired) electrons. The smallest absolute Gasteiger partial charge is 0.121 e. The lowest BCUT2D eigenvalue weighted by Crippen LogP contribution is -2.58. The molecule has 18 heavy (non-hydrogen) atoms. The highest BCUT2D eigenvalue weighted by atomic mass is 35.5. The van der Waals surface area contributed by atoms with Crippen LogP contribution in [-0.2, 0) is 0 Å². The van der Waals surface area contributed by atoms with Gasteiger partial charge in [0, 0.05) is 22.2 Å². The van der Waals surface area contributed by atoms with Gasteiger partial charge in [0.1, 0.15) is 11.9 Å². The summed E-state index contributed by atoms with van der Waals surface area (Å²) in [5.41, 5.74) is 0.224. The molecule has 1 nitrogen and oxygen atoms in total. The molecule has 98 valence electrons. The molecule has 0 bridgehead atoms. The molecule has 0 N–H and O–H groups in total. The van der Waals surface area contributed by atoms with Crippen LogP contribution in [0.1, 0.15) is 38.5 Å². The minimum absolute atomic E-state index is 0.224. The average molecular weight is 285 g/mol. The number of halogens is 2. The zero-order valence-corrected chi connectivity index (χ0v) is 11.9. The first-order valence-corrected chi connectivity index (χ1v) is 7.58. The standard InChI is InChI=1S/C15H18Cl2O/c16-11-5-4-6-12(9-11)18-14-10-13(17)15(14)7-2-1-3-8-15/h4-6,9,13-14H,1-3,7-8,10H2. The average Bonchev–Trinajstić information content (AvgIpc) is 2.39. The molecule has 0 heterocycles. The maximum absolute atomic E-state index is 6.47. The minimum Gasteiger partial charge on any atom is -0.490 e. The second-order valence-electron chi connectivity index (χ2n) is 5.56. The largest absolute Gasteiger partial charge is 0.490 e. The lowest BCUT2D eigenvalue weighted by Gasteiger charge is -2.55. The zero-order valence-electron chi connectivity index (χ0n) is 10.4. The van der Waals surface area contributed by atoms with Gasteiger partial charge in [-0.2, -0.15) is 0 Å². The Morgan fingerprint density at radius 1 is 1.17 bits per heavy atom. The second kappa shape index (κ2) is 4.94. The van der Waals surface area contributed by atoms with Crippen molar-refractivity contribution in [2.24, 2.45) is 5.41 Å². The van der Waals surface area contributed by atoms with Crippen molar-refractivity contribution < 1.29 is 4.74 Å². The Morgan fingerprint density at radius 2 is 1.94 bits per heavy atom. The first kappa shape index (κ1) is 12.6. The molecular formula is C15H18Cl2O. The monoisotopic (exact) mass is 284 g/mol. The van der Waals surface area contributed by atoms with Crippen molar-refractivity contribution in [1.29, 1.82) is 0 Å². The minimum atomic E-state index is 0.224. The van der Waals surface area contributed by atoms with Crippen LogP contribution in [0, 0.1) is 5.41 Å². The van der Waals surface area contributed by atoms with E-state index in [9.17, 15) is 0 Å². The molecule has 2 aliphatic rings. The van der Waals surface area contributed by atoms with Gasteiger partial charge in [-0.15, -0.1) is 11.6 Å². The van der Waals surface area contributed by atoms with Gasteiger partial charge in [0.25, 0.3) is 0 Å². The normalized spacial score (nSPS) is 29.9. The third-order valence-corrected chi connectivity index (χ3v) is 5.39. The summed E-state index contributed by atoms with van der Waals surface area (Å²) in [6, 6.07) is 7.67. The Kier molecular flexibility index (Phi) is 3.46. The van der Waals surface area contributed by atoms with Crippen LogP contribution in [0.2, 0.25) is 5.02 Å². The van der Waals surface area contributed by atoms with Crippen LogP contribution in [0.4, 0.5) is 0 Å². The molecule has 3 heteroatoms. The number of ether oxygens (including phenoxy) is 1. The van der Waals surface area contributed by atoms with Gasteiger partial charge in [0.15, 0.2) is 0 Å². The lowest BCUT2D eigenvalue weighted by atomic mass is 9.58. The zero-order chi connectivity index (χ0) is 12.6. The predicted molar refractivity (Wildman–Crippen MR) is 75.6 cm³/mol. The summed E-state index contributed by atoms with van der Waals surface area (Å²) in [5.74, 6) is 0.876. The van der Waals surface area contributed by atoms with Gasteiger partial charge < -0.3 is 4.74 Å². The summed E-state index contributed by atoms with van der Waals surface area (Å²) in [4.78, 5) is 0. The number of alkyl halides is 1. The topological polar surface area (TPSA) is 9.23 Å². The van der Waals surface area contributed by atoms with Crippen LogP contribution in [0.3, 0.4) is 0 Å². The quantitative estimate of drug-likeness (QED) is 0.691. The van der Waals surface area contributed by atoms with Crippen LogP contribution in [0.5, 0.6) is 5.75 Å².